The Balaban J connectivity index is 1.88. The van der Waals surface area contributed by atoms with Crippen LogP contribution in [-0.4, -0.2) is 82.7 Å². The first kappa shape index (κ1) is 21.7. The molecule has 152 valence electrons. The van der Waals surface area contributed by atoms with Gasteiger partial charge in [-0.1, -0.05) is 17.7 Å². The number of hydrogen-bond acceptors (Lipinski definition) is 5. The highest BCUT2D eigenvalue weighted by molar-refractivity contribution is 7.92. The van der Waals surface area contributed by atoms with E-state index in [-0.39, 0.29) is 5.91 Å². The molecule has 1 heterocycles. The van der Waals surface area contributed by atoms with Crippen molar-refractivity contribution in [3.8, 4) is 0 Å². The summed E-state index contributed by atoms with van der Waals surface area (Å²) in [5.41, 5.74) is 1.54. The number of amides is 1. The monoisotopic (exact) mass is 396 g/mol. The van der Waals surface area contributed by atoms with Gasteiger partial charge in [0.15, 0.2) is 0 Å². The number of rotatable bonds is 8. The summed E-state index contributed by atoms with van der Waals surface area (Å²) in [5, 5.41) is 2.88. The maximum Gasteiger partial charge on any atom is 0.243 e. The first-order chi connectivity index (χ1) is 12.7. The quantitative estimate of drug-likeness (QED) is 0.661. The second kappa shape index (κ2) is 9.52. The summed E-state index contributed by atoms with van der Waals surface area (Å²) in [4.78, 5) is 17.2. The number of sulfonamides is 1. The zero-order valence-corrected chi connectivity index (χ0v) is 17.6. The van der Waals surface area contributed by atoms with Gasteiger partial charge in [-0.3, -0.25) is 9.10 Å². The lowest BCUT2D eigenvalue weighted by molar-refractivity contribution is -0.121. The maximum atomic E-state index is 12.5. The van der Waals surface area contributed by atoms with Crippen molar-refractivity contribution in [2.24, 2.45) is 0 Å². The Hall–Kier alpha value is -1.64. The van der Waals surface area contributed by atoms with Gasteiger partial charge in [0.1, 0.15) is 6.04 Å². The Labute approximate surface area is 163 Å². The topological polar surface area (TPSA) is 73.0 Å². The fraction of sp³-hybridized carbons (Fsp3) is 0.632. The molecule has 1 aromatic rings. The number of nitrogens with one attached hydrogen (secondary N) is 1. The molecule has 1 saturated heterocycles. The molecule has 27 heavy (non-hydrogen) atoms. The molecule has 1 aliphatic heterocycles. The van der Waals surface area contributed by atoms with Crippen LogP contribution in [0.1, 0.15) is 18.9 Å². The number of anilines is 1. The first-order valence-electron chi connectivity index (χ1n) is 9.43. The van der Waals surface area contributed by atoms with E-state index in [1.807, 2.05) is 19.1 Å². The smallest absolute Gasteiger partial charge is 0.243 e. The average Bonchev–Trinajstić information content (AvgIpc) is 2.60. The third-order valence-corrected chi connectivity index (χ3v) is 6.16. The van der Waals surface area contributed by atoms with Crippen LogP contribution in [0.15, 0.2) is 24.3 Å². The van der Waals surface area contributed by atoms with E-state index in [0.29, 0.717) is 12.2 Å². The molecule has 0 bridgehead atoms. The van der Waals surface area contributed by atoms with E-state index in [0.717, 1.165) is 51.0 Å². The Morgan fingerprint density at radius 2 is 1.78 bits per heavy atom. The molecule has 7 nitrogen and oxygen atoms in total. The zero-order valence-electron chi connectivity index (χ0n) is 16.8. The molecule has 0 unspecified atom stereocenters. The first-order valence-corrected chi connectivity index (χ1v) is 11.3. The Morgan fingerprint density at radius 1 is 1.19 bits per heavy atom. The van der Waals surface area contributed by atoms with Gasteiger partial charge in [0.05, 0.1) is 11.9 Å². The summed E-state index contributed by atoms with van der Waals surface area (Å²) in [6.07, 6.45) is 1.98. The van der Waals surface area contributed by atoms with Crippen LogP contribution in [0.5, 0.6) is 0 Å². The largest absolute Gasteiger partial charge is 0.354 e. The number of likely N-dealkylation sites (N-methyl/N-ethyl adjacent to an activating group) is 1. The molecule has 1 aromatic carbocycles. The number of aryl methyl sites for hydroxylation is 1. The van der Waals surface area contributed by atoms with E-state index < -0.39 is 16.1 Å². The molecular formula is C19H32N4O3S. The van der Waals surface area contributed by atoms with Gasteiger partial charge in [0.25, 0.3) is 0 Å². The predicted octanol–water partition coefficient (Wildman–Crippen LogP) is 0.903. The van der Waals surface area contributed by atoms with Crippen LogP contribution in [0.3, 0.4) is 0 Å². The number of carbonyl (C=O) groups excluding carboxylic acids is 1. The van der Waals surface area contributed by atoms with Crippen LogP contribution in [0, 0.1) is 6.92 Å². The van der Waals surface area contributed by atoms with Crippen molar-refractivity contribution in [3.05, 3.63) is 29.8 Å². The third-order valence-electron chi connectivity index (χ3n) is 4.92. The minimum Gasteiger partial charge on any atom is -0.354 e. The van der Waals surface area contributed by atoms with Crippen molar-refractivity contribution in [1.29, 1.82) is 0 Å². The van der Waals surface area contributed by atoms with Crippen molar-refractivity contribution in [2.75, 3.05) is 56.9 Å². The Bertz CT molecular complexity index is 713. The summed E-state index contributed by atoms with van der Waals surface area (Å²) in [7, 11) is -1.44. The van der Waals surface area contributed by atoms with Crippen molar-refractivity contribution in [3.63, 3.8) is 0 Å². The van der Waals surface area contributed by atoms with Gasteiger partial charge >= 0.3 is 0 Å². The fourth-order valence-corrected chi connectivity index (χ4v) is 4.41. The van der Waals surface area contributed by atoms with Crippen LogP contribution in [0.25, 0.3) is 0 Å². The van der Waals surface area contributed by atoms with Gasteiger partial charge in [-0.25, -0.2) is 8.42 Å². The second-order valence-electron chi connectivity index (χ2n) is 7.36. The van der Waals surface area contributed by atoms with Crippen molar-refractivity contribution < 1.29 is 13.2 Å². The van der Waals surface area contributed by atoms with Crippen molar-refractivity contribution in [2.45, 2.75) is 26.3 Å². The molecule has 1 fully saturated rings. The molecule has 2 rings (SSSR count). The Morgan fingerprint density at radius 3 is 2.33 bits per heavy atom. The van der Waals surface area contributed by atoms with Crippen LogP contribution in [-0.2, 0) is 14.8 Å². The second-order valence-corrected chi connectivity index (χ2v) is 9.22. The highest BCUT2D eigenvalue weighted by Crippen LogP contribution is 2.21. The van der Waals surface area contributed by atoms with Gasteiger partial charge in [-0.15, -0.1) is 0 Å². The van der Waals surface area contributed by atoms with Gasteiger partial charge in [-0.2, -0.15) is 0 Å². The lowest BCUT2D eigenvalue weighted by atomic mass is 10.2. The number of piperazine rings is 1. The number of hydrogen-bond donors (Lipinski definition) is 1. The highest BCUT2D eigenvalue weighted by atomic mass is 32.2. The number of carbonyl (C=O) groups is 1. The summed E-state index contributed by atoms with van der Waals surface area (Å²) in [6, 6.07) is 6.34. The summed E-state index contributed by atoms with van der Waals surface area (Å²) >= 11 is 0. The van der Waals surface area contributed by atoms with Gasteiger partial charge < -0.3 is 15.1 Å². The summed E-state index contributed by atoms with van der Waals surface area (Å²) < 4.78 is 25.7. The molecule has 0 radical (unpaired) electrons. The van der Waals surface area contributed by atoms with Crippen LogP contribution in [0.4, 0.5) is 5.69 Å². The normalized spacial score (nSPS) is 17.5. The fourth-order valence-electron chi connectivity index (χ4n) is 3.23. The molecule has 1 aliphatic rings. The van der Waals surface area contributed by atoms with E-state index in [9.17, 15) is 13.2 Å². The van der Waals surface area contributed by atoms with E-state index in [4.69, 9.17) is 0 Å². The minimum atomic E-state index is -3.57. The molecular weight excluding hydrogens is 364 g/mol. The molecule has 1 N–H and O–H groups in total. The molecule has 8 heteroatoms. The van der Waals surface area contributed by atoms with Crippen molar-refractivity contribution >= 4 is 21.6 Å². The average molecular weight is 397 g/mol. The zero-order chi connectivity index (χ0) is 20.0. The SMILES string of the molecule is Cc1ccc(N([C@@H](C)C(=O)NCCCN2CCN(C)CC2)S(C)(=O)=O)cc1. The molecule has 0 aliphatic carbocycles. The van der Waals surface area contributed by atoms with Gasteiger partial charge in [-0.05, 0) is 46.0 Å². The maximum absolute atomic E-state index is 12.5. The number of benzene rings is 1. The van der Waals surface area contributed by atoms with E-state index >= 15 is 0 Å². The third kappa shape index (κ3) is 6.48. The lowest BCUT2D eigenvalue weighted by Gasteiger charge is -2.32. The molecule has 0 spiro atoms. The standard InChI is InChI=1S/C19H32N4O3S/c1-16-6-8-18(9-7-16)23(27(4,25)26)17(2)19(24)20-10-5-11-22-14-12-21(3)13-15-22/h6-9,17H,5,10-15H2,1-4H3,(H,20,24)/t17-/m0/s1. The molecule has 1 atom stereocenters. The molecule has 0 aromatic heterocycles. The van der Waals surface area contributed by atoms with Gasteiger partial charge in [0, 0.05) is 32.7 Å². The van der Waals surface area contributed by atoms with Crippen LogP contribution < -0.4 is 9.62 Å². The number of nitrogens with zero attached hydrogens (tertiary/aromatic N) is 3. The highest BCUT2D eigenvalue weighted by Gasteiger charge is 2.28. The summed E-state index contributed by atoms with van der Waals surface area (Å²) in [6.45, 7) is 9.29. The van der Waals surface area contributed by atoms with Crippen LogP contribution >= 0.6 is 0 Å². The van der Waals surface area contributed by atoms with Crippen molar-refractivity contribution in [1.82, 2.24) is 15.1 Å². The Kier molecular flexibility index (Phi) is 7.64. The molecule has 1 amide bonds. The minimum absolute atomic E-state index is 0.278. The predicted molar refractivity (Wildman–Crippen MR) is 110 cm³/mol. The lowest BCUT2D eigenvalue weighted by Crippen LogP contribution is -2.48. The van der Waals surface area contributed by atoms with E-state index in [2.05, 4.69) is 22.2 Å². The van der Waals surface area contributed by atoms with E-state index in [1.54, 1.807) is 19.1 Å². The van der Waals surface area contributed by atoms with Crippen LogP contribution in [0.2, 0.25) is 0 Å². The summed E-state index contributed by atoms with van der Waals surface area (Å²) in [5.74, 6) is -0.278. The van der Waals surface area contributed by atoms with Gasteiger partial charge in [0.2, 0.25) is 15.9 Å². The molecule has 0 saturated carbocycles. The van der Waals surface area contributed by atoms with E-state index in [1.165, 1.54) is 4.31 Å².